The molecule has 0 atom stereocenters. The lowest BCUT2D eigenvalue weighted by Gasteiger charge is -1.98. The molecule has 2 nitrogen and oxygen atoms in total. The fourth-order valence-corrected chi connectivity index (χ4v) is 2.92. The summed E-state index contributed by atoms with van der Waals surface area (Å²) in [6.07, 6.45) is 0. The van der Waals surface area contributed by atoms with Crippen molar-refractivity contribution in [1.29, 1.82) is 0 Å². The van der Waals surface area contributed by atoms with Gasteiger partial charge in [0.25, 0.3) is 0 Å². The number of nitrogens with zero attached hydrogens (tertiary/aromatic N) is 1. The van der Waals surface area contributed by atoms with Crippen LogP contribution in [0.1, 0.15) is 16.7 Å². The molecule has 3 rings (SSSR count). The molecule has 0 amide bonds. The van der Waals surface area contributed by atoms with Crippen LogP contribution in [-0.2, 0) is 5.75 Å². The van der Waals surface area contributed by atoms with E-state index in [0.717, 1.165) is 21.8 Å². The largest absolute Gasteiger partial charge is 0.333 e. The van der Waals surface area contributed by atoms with E-state index in [2.05, 4.69) is 35.9 Å². The fourth-order valence-electron chi connectivity index (χ4n) is 2.09. The van der Waals surface area contributed by atoms with E-state index in [9.17, 15) is 4.39 Å². The summed E-state index contributed by atoms with van der Waals surface area (Å²) in [7, 11) is 0. The van der Waals surface area contributed by atoms with Crippen LogP contribution in [0.15, 0.2) is 41.6 Å². The highest BCUT2D eigenvalue weighted by Gasteiger charge is 2.06. The number of hydrogen-bond acceptors (Lipinski definition) is 2. The monoisotopic (exact) mass is 286 g/mol. The maximum atomic E-state index is 13.1. The highest BCUT2D eigenvalue weighted by Crippen LogP contribution is 2.25. The Morgan fingerprint density at radius 1 is 1.15 bits per heavy atom. The molecule has 0 radical (unpaired) electrons. The van der Waals surface area contributed by atoms with Gasteiger partial charge in [-0.05, 0) is 54.8 Å². The molecule has 0 saturated heterocycles. The summed E-state index contributed by atoms with van der Waals surface area (Å²) in [6.45, 7) is 4.18. The molecule has 0 aliphatic rings. The van der Waals surface area contributed by atoms with E-state index in [0.29, 0.717) is 5.75 Å². The number of hydrogen-bond donors (Lipinski definition) is 1. The number of thioether (sulfide) groups is 1. The van der Waals surface area contributed by atoms with Crippen LogP contribution in [0, 0.1) is 19.7 Å². The second-order valence-corrected chi connectivity index (χ2v) is 5.88. The molecule has 20 heavy (non-hydrogen) atoms. The zero-order valence-electron chi connectivity index (χ0n) is 11.4. The predicted molar refractivity (Wildman–Crippen MR) is 81.5 cm³/mol. The van der Waals surface area contributed by atoms with Crippen LogP contribution in [0.2, 0.25) is 0 Å². The predicted octanol–water partition coefficient (Wildman–Crippen LogP) is 4.61. The van der Waals surface area contributed by atoms with Crippen LogP contribution in [0.3, 0.4) is 0 Å². The van der Waals surface area contributed by atoms with E-state index in [1.165, 1.54) is 17.2 Å². The molecule has 1 N–H and O–H groups in total. The SMILES string of the molecule is Cc1cc2nc(SCc3cccc(F)c3)[nH]c2cc1C. The van der Waals surface area contributed by atoms with Crippen LogP contribution >= 0.6 is 11.8 Å². The maximum Gasteiger partial charge on any atom is 0.166 e. The number of aromatic amines is 1. The lowest BCUT2D eigenvalue weighted by atomic mass is 10.1. The molecule has 0 unspecified atom stereocenters. The number of fused-ring (bicyclic) bond motifs is 1. The van der Waals surface area contributed by atoms with Crippen LogP contribution in [0.25, 0.3) is 11.0 Å². The lowest BCUT2D eigenvalue weighted by molar-refractivity contribution is 0.626. The van der Waals surface area contributed by atoms with E-state index in [1.807, 2.05) is 6.07 Å². The van der Waals surface area contributed by atoms with Gasteiger partial charge in [0.05, 0.1) is 11.0 Å². The Morgan fingerprint density at radius 2 is 1.95 bits per heavy atom. The Balaban J connectivity index is 1.81. The first-order valence-electron chi connectivity index (χ1n) is 6.46. The molecule has 0 aliphatic heterocycles. The third-order valence-corrected chi connectivity index (χ3v) is 4.28. The highest BCUT2D eigenvalue weighted by atomic mass is 32.2. The Kier molecular flexibility index (Phi) is 3.49. The molecule has 1 heterocycles. The van der Waals surface area contributed by atoms with Gasteiger partial charge in [0, 0.05) is 5.75 Å². The summed E-state index contributed by atoms with van der Waals surface area (Å²) >= 11 is 1.59. The number of aryl methyl sites for hydroxylation is 2. The van der Waals surface area contributed by atoms with Crippen LogP contribution in [0.5, 0.6) is 0 Å². The van der Waals surface area contributed by atoms with E-state index in [4.69, 9.17) is 0 Å². The van der Waals surface area contributed by atoms with E-state index >= 15 is 0 Å². The molecule has 0 aliphatic carbocycles. The fraction of sp³-hybridized carbons (Fsp3) is 0.188. The van der Waals surface area contributed by atoms with Gasteiger partial charge in [-0.2, -0.15) is 0 Å². The van der Waals surface area contributed by atoms with Crippen LogP contribution in [-0.4, -0.2) is 9.97 Å². The number of aromatic nitrogens is 2. The van der Waals surface area contributed by atoms with Gasteiger partial charge in [-0.3, -0.25) is 0 Å². The van der Waals surface area contributed by atoms with Crippen molar-refractivity contribution in [2.75, 3.05) is 0 Å². The Hall–Kier alpha value is -1.81. The van der Waals surface area contributed by atoms with E-state index < -0.39 is 0 Å². The summed E-state index contributed by atoms with van der Waals surface area (Å²) in [5, 5.41) is 0.870. The molecule has 3 aromatic rings. The van der Waals surface area contributed by atoms with Crippen LogP contribution in [0.4, 0.5) is 4.39 Å². The van der Waals surface area contributed by atoms with Crippen molar-refractivity contribution in [1.82, 2.24) is 9.97 Å². The molecule has 2 aromatic carbocycles. The summed E-state index contributed by atoms with van der Waals surface area (Å²) in [6, 6.07) is 10.9. The minimum atomic E-state index is -0.195. The minimum Gasteiger partial charge on any atom is -0.333 e. The van der Waals surface area contributed by atoms with Crippen molar-refractivity contribution >= 4 is 22.8 Å². The van der Waals surface area contributed by atoms with Gasteiger partial charge in [0.2, 0.25) is 0 Å². The van der Waals surface area contributed by atoms with Crippen LogP contribution < -0.4 is 0 Å². The standard InChI is InChI=1S/C16H15FN2S/c1-10-6-14-15(7-11(10)2)19-16(18-14)20-9-12-4-3-5-13(17)8-12/h3-8H,9H2,1-2H3,(H,18,19). The first-order chi connectivity index (χ1) is 9.61. The van der Waals surface area contributed by atoms with Crippen molar-refractivity contribution in [2.24, 2.45) is 0 Å². The van der Waals surface area contributed by atoms with Crippen molar-refractivity contribution < 1.29 is 4.39 Å². The van der Waals surface area contributed by atoms with E-state index in [1.54, 1.807) is 23.9 Å². The van der Waals surface area contributed by atoms with Crippen molar-refractivity contribution in [2.45, 2.75) is 24.8 Å². The zero-order valence-corrected chi connectivity index (χ0v) is 12.2. The Bertz CT molecular complexity index is 725. The topological polar surface area (TPSA) is 28.7 Å². The number of rotatable bonds is 3. The molecule has 1 aromatic heterocycles. The van der Waals surface area contributed by atoms with Gasteiger partial charge < -0.3 is 4.98 Å². The molecule has 0 spiro atoms. The number of H-pyrrole nitrogens is 1. The average Bonchev–Trinajstić information content (AvgIpc) is 2.79. The molecule has 0 bridgehead atoms. The minimum absolute atomic E-state index is 0.195. The number of benzene rings is 2. The Labute approximate surface area is 121 Å². The summed E-state index contributed by atoms with van der Waals surface area (Å²) in [5.74, 6) is 0.509. The second kappa shape index (κ2) is 5.29. The summed E-state index contributed by atoms with van der Waals surface area (Å²) in [4.78, 5) is 7.87. The van der Waals surface area contributed by atoms with Gasteiger partial charge in [0.1, 0.15) is 5.82 Å². The number of imidazole rings is 1. The third-order valence-electron chi connectivity index (χ3n) is 3.34. The molecular weight excluding hydrogens is 271 g/mol. The van der Waals surface area contributed by atoms with Gasteiger partial charge in [-0.1, -0.05) is 23.9 Å². The lowest BCUT2D eigenvalue weighted by Crippen LogP contribution is -1.83. The third kappa shape index (κ3) is 2.70. The molecule has 0 saturated carbocycles. The zero-order chi connectivity index (χ0) is 14.1. The first-order valence-corrected chi connectivity index (χ1v) is 7.44. The first kappa shape index (κ1) is 13.2. The smallest absolute Gasteiger partial charge is 0.166 e. The number of halogens is 1. The van der Waals surface area contributed by atoms with E-state index in [-0.39, 0.29) is 5.82 Å². The second-order valence-electron chi connectivity index (χ2n) is 4.91. The van der Waals surface area contributed by atoms with Crippen molar-refractivity contribution in [3.8, 4) is 0 Å². The molecular formula is C16H15FN2S. The highest BCUT2D eigenvalue weighted by molar-refractivity contribution is 7.98. The Morgan fingerprint density at radius 3 is 2.75 bits per heavy atom. The number of nitrogens with one attached hydrogen (secondary N) is 1. The summed E-state index contributed by atoms with van der Waals surface area (Å²) < 4.78 is 13.1. The van der Waals surface area contributed by atoms with Gasteiger partial charge in [-0.25, -0.2) is 9.37 Å². The molecule has 102 valence electrons. The molecule has 4 heteroatoms. The average molecular weight is 286 g/mol. The van der Waals surface area contributed by atoms with Crippen molar-refractivity contribution in [3.05, 3.63) is 58.9 Å². The van der Waals surface area contributed by atoms with Gasteiger partial charge in [0.15, 0.2) is 5.16 Å². The quantitative estimate of drug-likeness (QED) is 0.712. The van der Waals surface area contributed by atoms with Gasteiger partial charge >= 0.3 is 0 Å². The maximum absolute atomic E-state index is 13.1. The summed E-state index contributed by atoms with van der Waals surface area (Å²) in [5.41, 5.74) is 5.49. The van der Waals surface area contributed by atoms with Crippen molar-refractivity contribution in [3.63, 3.8) is 0 Å². The van der Waals surface area contributed by atoms with Gasteiger partial charge in [-0.15, -0.1) is 0 Å². The normalized spacial score (nSPS) is 11.2. The molecule has 0 fully saturated rings.